The predicted molar refractivity (Wildman–Crippen MR) is 50.5 cm³/mol. The summed E-state index contributed by atoms with van der Waals surface area (Å²) in [5.41, 5.74) is 1.68. The molecule has 0 atom stereocenters. The lowest BCUT2D eigenvalue weighted by Crippen LogP contribution is -2.10. The van der Waals surface area contributed by atoms with Gasteiger partial charge in [0.25, 0.3) is 0 Å². The van der Waals surface area contributed by atoms with Crippen LogP contribution >= 0.6 is 12.2 Å². The number of aliphatic carboxylic acids is 1. The van der Waals surface area contributed by atoms with Gasteiger partial charge in [-0.25, -0.2) is 4.79 Å². The maximum absolute atomic E-state index is 10.4. The van der Waals surface area contributed by atoms with Gasteiger partial charge in [0, 0.05) is 0 Å². The number of carboxylic acid groups (broad SMARTS) is 1. The van der Waals surface area contributed by atoms with E-state index < -0.39 is 5.97 Å². The fraction of sp³-hybridized carbons (Fsp3) is 0.111. The highest BCUT2D eigenvalue weighted by Crippen LogP contribution is 2.04. The van der Waals surface area contributed by atoms with Crippen LogP contribution in [0.5, 0.6) is 0 Å². The van der Waals surface area contributed by atoms with Crippen molar-refractivity contribution in [1.82, 2.24) is 0 Å². The molecular formula is C9H8O2S. The monoisotopic (exact) mass is 180 g/mol. The molecule has 62 valence electrons. The first kappa shape index (κ1) is 8.87. The van der Waals surface area contributed by atoms with Gasteiger partial charge in [-0.15, -0.1) is 0 Å². The van der Waals surface area contributed by atoms with Crippen LogP contribution in [-0.4, -0.2) is 15.9 Å². The Morgan fingerprint density at radius 3 is 2.25 bits per heavy atom. The SMILES string of the molecule is Cc1ccc(C(=S)C(=O)O)cc1. The summed E-state index contributed by atoms with van der Waals surface area (Å²) in [5.74, 6) is -1.05. The largest absolute Gasteiger partial charge is 0.477 e. The van der Waals surface area contributed by atoms with Crippen LogP contribution in [0.25, 0.3) is 0 Å². The van der Waals surface area contributed by atoms with Gasteiger partial charge in [-0.1, -0.05) is 42.0 Å². The van der Waals surface area contributed by atoms with E-state index in [0.29, 0.717) is 5.56 Å². The summed E-state index contributed by atoms with van der Waals surface area (Å²) in [7, 11) is 0. The first-order valence-electron chi connectivity index (χ1n) is 3.45. The summed E-state index contributed by atoms with van der Waals surface area (Å²) in [5, 5.41) is 8.56. The van der Waals surface area contributed by atoms with Crippen molar-refractivity contribution in [3.63, 3.8) is 0 Å². The van der Waals surface area contributed by atoms with Crippen LogP contribution in [0, 0.1) is 6.92 Å². The summed E-state index contributed by atoms with van der Waals surface area (Å²) < 4.78 is 0. The summed E-state index contributed by atoms with van der Waals surface area (Å²) >= 11 is 4.69. The van der Waals surface area contributed by atoms with Crippen LogP contribution in [0.3, 0.4) is 0 Å². The van der Waals surface area contributed by atoms with Crippen molar-refractivity contribution >= 4 is 23.1 Å². The molecule has 1 rings (SSSR count). The molecule has 0 aliphatic carbocycles. The van der Waals surface area contributed by atoms with Crippen molar-refractivity contribution in [2.45, 2.75) is 6.92 Å². The van der Waals surface area contributed by atoms with Crippen LogP contribution < -0.4 is 0 Å². The fourth-order valence-electron chi connectivity index (χ4n) is 0.828. The van der Waals surface area contributed by atoms with Gasteiger partial charge in [-0.2, -0.15) is 0 Å². The highest BCUT2D eigenvalue weighted by atomic mass is 32.1. The van der Waals surface area contributed by atoms with Gasteiger partial charge in [0.1, 0.15) is 4.86 Å². The average molecular weight is 180 g/mol. The quantitative estimate of drug-likeness (QED) is 0.557. The second kappa shape index (κ2) is 3.45. The van der Waals surface area contributed by atoms with Crippen molar-refractivity contribution in [3.05, 3.63) is 35.4 Å². The van der Waals surface area contributed by atoms with E-state index in [1.165, 1.54) is 0 Å². The summed E-state index contributed by atoms with van der Waals surface area (Å²) in [6.45, 7) is 1.94. The molecule has 1 N–H and O–H groups in total. The van der Waals surface area contributed by atoms with Gasteiger partial charge < -0.3 is 5.11 Å². The Morgan fingerprint density at radius 1 is 1.33 bits per heavy atom. The van der Waals surface area contributed by atoms with Gasteiger partial charge in [0.15, 0.2) is 0 Å². The van der Waals surface area contributed by atoms with Crippen molar-refractivity contribution in [1.29, 1.82) is 0 Å². The Balaban J connectivity index is 2.98. The van der Waals surface area contributed by atoms with Crippen LogP contribution in [0.1, 0.15) is 11.1 Å². The molecule has 0 bridgehead atoms. The number of carboxylic acids is 1. The molecule has 12 heavy (non-hydrogen) atoms. The third-order valence-corrected chi connectivity index (χ3v) is 1.92. The zero-order valence-corrected chi connectivity index (χ0v) is 7.39. The zero-order valence-electron chi connectivity index (χ0n) is 6.57. The van der Waals surface area contributed by atoms with Crippen LogP contribution in [0.2, 0.25) is 0 Å². The van der Waals surface area contributed by atoms with E-state index in [9.17, 15) is 4.79 Å². The Bertz CT molecular complexity index is 314. The molecule has 1 aromatic rings. The van der Waals surface area contributed by atoms with Gasteiger partial charge in [-0.05, 0) is 12.5 Å². The molecule has 0 saturated heterocycles. The Hall–Kier alpha value is -1.22. The highest BCUT2D eigenvalue weighted by Gasteiger charge is 2.07. The van der Waals surface area contributed by atoms with Crippen LogP contribution in [0.4, 0.5) is 0 Å². The third kappa shape index (κ3) is 1.89. The number of benzene rings is 1. The zero-order chi connectivity index (χ0) is 9.14. The molecular weight excluding hydrogens is 172 g/mol. The van der Waals surface area contributed by atoms with Crippen molar-refractivity contribution in [2.24, 2.45) is 0 Å². The minimum absolute atomic E-state index is 0.0324. The van der Waals surface area contributed by atoms with Crippen molar-refractivity contribution in [2.75, 3.05) is 0 Å². The van der Waals surface area contributed by atoms with E-state index in [0.717, 1.165) is 5.56 Å². The highest BCUT2D eigenvalue weighted by molar-refractivity contribution is 7.82. The number of hydrogen-bond donors (Lipinski definition) is 1. The molecule has 3 heteroatoms. The molecule has 0 aromatic heterocycles. The second-order valence-electron chi connectivity index (χ2n) is 2.50. The first-order valence-corrected chi connectivity index (χ1v) is 3.86. The van der Waals surface area contributed by atoms with E-state index >= 15 is 0 Å². The molecule has 0 saturated carbocycles. The second-order valence-corrected chi connectivity index (χ2v) is 2.91. The first-order chi connectivity index (χ1) is 5.61. The lowest BCUT2D eigenvalue weighted by Gasteiger charge is -1.98. The maximum Gasteiger partial charge on any atom is 0.347 e. The van der Waals surface area contributed by atoms with Gasteiger partial charge in [0.05, 0.1) is 0 Å². The summed E-state index contributed by atoms with van der Waals surface area (Å²) in [4.78, 5) is 10.4. The minimum Gasteiger partial charge on any atom is -0.477 e. The lowest BCUT2D eigenvalue weighted by atomic mass is 10.1. The van der Waals surface area contributed by atoms with Crippen molar-refractivity contribution < 1.29 is 9.90 Å². The number of rotatable bonds is 2. The Kier molecular flexibility index (Phi) is 2.55. The number of aryl methyl sites for hydroxylation is 1. The van der Waals surface area contributed by atoms with E-state index in [1.54, 1.807) is 12.1 Å². The third-order valence-electron chi connectivity index (χ3n) is 1.51. The fourth-order valence-corrected chi connectivity index (χ4v) is 0.964. The molecule has 0 unspecified atom stereocenters. The lowest BCUT2D eigenvalue weighted by molar-refractivity contribution is -0.129. The molecule has 0 amide bonds. The van der Waals surface area contributed by atoms with Gasteiger partial charge in [0.2, 0.25) is 0 Å². The van der Waals surface area contributed by atoms with E-state index in [4.69, 9.17) is 5.11 Å². The summed E-state index contributed by atoms with van der Waals surface area (Å²) in [6.07, 6.45) is 0. The van der Waals surface area contributed by atoms with Crippen LogP contribution in [0.15, 0.2) is 24.3 Å². The summed E-state index contributed by atoms with van der Waals surface area (Å²) in [6, 6.07) is 7.10. The maximum atomic E-state index is 10.4. The molecule has 0 heterocycles. The molecule has 0 fully saturated rings. The molecule has 0 spiro atoms. The number of thiocarbonyl (C=S) groups is 1. The molecule has 0 radical (unpaired) electrons. The predicted octanol–water partition coefficient (Wildman–Crippen LogP) is 1.80. The van der Waals surface area contributed by atoms with Gasteiger partial charge in [-0.3, -0.25) is 0 Å². The minimum atomic E-state index is -1.05. The average Bonchev–Trinajstić information content (AvgIpc) is 2.04. The van der Waals surface area contributed by atoms with E-state index in [1.807, 2.05) is 19.1 Å². The Labute approximate surface area is 75.8 Å². The number of carbonyl (C=O) groups is 1. The smallest absolute Gasteiger partial charge is 0.347 e. The molecule has 1 aromatic carbocycles. The molecule has 0 aliphatic rings. The van der Waals surface area contributed by atoms with Crippen LogP contribution in [-0.2, 0) is 4.79 Å². The van der Waals surface area contributed by atoms with Gasteiger partial charge >= 0.3 is 5.97 Å². The van der Waals surface area contributed by atoms with E-state index in [-0.39, 0.29) is 4.86 Å². The molecule has 2 nitrogen and oxygen atoms in total. The van der Waals surface area contributed by atoms with Crippen molar-refractivity contribution in [3.8, 4) is 0 Å². The standard InChI is InChI=1S/C9H8O2S/c1-6-2-4-7(5-3-6)8(12)9(10)11/h2-5H,1H3,(H,10,11). The molecule has 0 aliphatic heterocycles. The normalized spacial score (nSPS) is 9.42. The topological polar surface area (TPSA) is 37.3 Å². The number of hydrogen-bond acceptors (Lipinski definition) is 2. The Morgan fingerprint density at radius 2 is 1.83 bits per heavy atom. The van der Waals surface area contributed by atoms with E-state index in [2.05, 4.69) is 12.2 Å².